The van der Waals surface area contributed by atoms with Gasteiger partial charge in [-0.3, -0.25) is 0 Å². The first-order valence-electron chi connectivity index (χ1n) is 3.77. The van der Waals surface area contributed by atoms with Crippen molar-refractivity contribution in [1.82, 2.24) is 0 Å². The van der Waals surface area contributed by atoms with Crippen molar-refractivity contribution in [2.45, 2.75) is 13.8 Å². The fourth-order valence-electron chi connectivity index (χ4n) is 0.0680. The van der Waals surface area contributed by atoms with Crippen LogP contribution in [0, 0.1) is 0 Å². The average molecular weight is 188 g/mol. The predicted octanol–water partition coefficient (Wildman–Crippen LogP) is 1.84. The number of allylic oxidation sites excluding steroid dienone is 1. The Morgan fingerprint density at radius 1 is 1.15 bits per heavy atom. The summed E-state index contributed by atoms with van der Waals surface area (Å²) in [6.07, 6.45) is 2.62. The van der Waals surface area contributed by atoms with Crippen LogP contribution in [0.25, 0.3) is 0 Å². The Kier molecular flexibility index (Phi) is 30.9. The predicted molar refractivity (Wildman–Crippen MR) is 56.1 cm³/mol. The summed E-state index contributed by atoms with van der Waals surface area (Å²) in [5, 5.41) is 15.2. The Morgan fingerprint density at radius 2 is 1.38 bits per heavy atom. The largest absolute Gasteiger partial charge is 0.474 e. The van der Waals surface area contributed by atoms with Crippen molar-refractivity contribution in [1.29, 1.82) is 0 Å². The average Bonchev–Trinajstić information content (AvgIpc) is 2.05. The van der Waals surface area contributed by atoms with Gasteiger partial charge in [0, 0.05) is 0 Å². The van der Waals surface area contributed by atoms with Gasteiger partial charge in [-0.15, -0.1) is 6.58 Å². The lowest BCUT2D eigenvalue weighted by Gasteiger charge is -1.76. The lowest BCUT2D eigenvalue weighted by atomic mass is 10.4. The van der Waals surface area contributed by atoms with Gasteiger partial charge in [-0.05, 0) is 13.8 Å². The van der Waals surface area contributed by atoms with Crippen LogP contribution < -0.4 is 0 Å². The fraction of sp³-hybridized carbons (Fsp3) is 0.400. The van der Waals surface area contributed by atoms with Gasteiger partial charge in [0.25, 0.3) is 0 Å². The molecule has 0 amide bonds. The summed E-state index contributed by atoms with van der Waals surface area (Å²) >= 11 is 0. The van der Waals surface area contributed by atoms with E-state index >= 15 is 0 Å². The highest BCUT2D eigenvalue weighted by Gasteiger charge is 1.58. The number of rotatable bonds is 3. The van der Waals surface area contributed by atoms with Crippen molar-refractivity contribution in [3.63, 3.8) is 0 Å². The van der Waals surface area contributed by atoms with E-state index in [0.29, 0.717) is 0 Å². The van der Waals surface area contributed by atoms with Crippen molar-refractivity contribution in [3.8, 4) is 0 Å². The SMILES string of the molecule is C=C(C)C.C=COC=C.OCCO. The summed E-state index contributed by atoms with van der Waals surface area (Å²) in [4.78, 5) is 0. The summed E-state index contributed by atoms with van der Waals surface area (Å²) in [5.41, 5.74) is 1.17. The van der Waals surface area contributed by atoms with Crippen LogP contribution in [0.15, 0.2) is 37.8 Å². The molecule has 0 rings (SSSR count). The molecule has 0 aliphatic carbocycles. The molecule has 0 radical (unpaired) electrons. The molecule has 3 heteroatoms. The van der Waals surface area contributed by atoms with E-state index in [1.807, 2.05) is 13.8 Å². The maximum Gasteiger partial charge on any atom is 0.0829 e. The lowest BCUT2D eigenvalue weighted by molar-refractivity contribution is 0.186. The molecule has 2 N–H and O–H groups in total. The third-order valence-corrected chi connectivity index (χ3v) is 0.292. The van der Waals surface area contributed by atoms with Crippen LogP contribution in [-0.4, -0.2) is 23.4 Å². The highest BCUT2D eigenvalue weighted by Crippen LogP contribution is 1.73. The van der Waals surface area contributed by atoms with Gasteiger partial charge < -0.3 is 14.9 Å². The normalized spacial score (nSPS) is 6.46. The van der Waals surface area contributed by atoms with E-state index in [1.54, 1.807) is 0 Å². The number of hydrogen-bond donors (Lipinski definition) is 2. The van der Waals surface area contributed by atoms with Crippen LogP contribution in [0.5, 0.6) is 0 Å². The molecule has 0 aromatic heterocycles. The number of aliphatic hydroxyl groups excluding tert-OH is 2. The Labute approximate surface area is 80.7 Å². The zero-order valence-electron chi connectivity index (χ0n) is 8.49. The summed E-state index contributed by atoms with van der Waals surface area (Å²) < 4.78 is 4.36. The number of aliphatic hydroxyl groups is 2. The van der Waals surface area contributed by atoms with Gasteiger partial charge in [0.1, 0.15) is 0 Å². The van der Waals surface area contributed by atoms with Gasteiger partial charge in [-0.1, -0.05) is 18.7 Å². The molecule has 78 valence electrons. The maximum atomic E-state index is 7.62. The second kappa shape index (κ2) is 22.4. The molecular weight excluding hydrogens is 168 g/mol. The van der Waals surface area contributed by atoms with Gasteiger partial charge >= 0.3 is 0 Å². The molecule has 0 spiro atoms. The first-order chi connectivity index (χ1) is 6.06. The molecule has 0 saturated heterocycles. The van der Waals surface area contributed by atoms with Gasteiger partial charge in [0.15, 0.2) is 0 Å². The molecule has 13 heavy (non-hydrogen) atoms. The molecule has 0 atom stereocenters. The van der Waals surface area contributed by atoms with Gasteiger partial charge in [-0.2, -0.15) is 0 Å². The van der Waals surface area contributed by atoms with E-state index in [4.69, 9.17) is 10.2 Å². The molecular formula is C10H20O3. The van der Waals surface area contributed by atoms with Crippen LogP contribution in [0.3, 0.4) is 0 Å². The smallest absolute Gasteiger partial charge is 0.0829 e. The van der Waals surface area contributed by atoms with Crippen molar-refractivity contribution in [3.05, 3.63) is 37.8 Å². The molecule has 0 fully saturated rings. The van der Waals surface area contributed by atoms with Gasteiger partial charge in [0.05, 0.1) is 25.7 Å². The fourth-order valence-corrected chi connectivity index (χ4v) is 0.0680. The molecule has 0 aliphatic heterocycles. The Balaban J connectivity index is -0.000000117. The molecule has 0 bridgehead atoms. The third kappa shape index (κ3) is 232. The number of ether oxygens (including phenoxy) is 1. The minimum absolute atomic E-state index is 0.125. The topological polar surface area (TPSA) is 49.7 Å². The summed E-state index contributed by atoms with van der Waals surface area (Å²) in [7, 11) is 0. The molecule has 0 aromatic carbocycles. The Bertz CT molecular complexity index is 107. The van der Waals surface area contributed by atoms with Crippen molar-refractivity contribution in [2.75, 3.05) is 13.2 Å². The summed E-state index contributed by atoms with van der Waals surface area (Å²) in [6, 6.07) is 0. The Hall–Kier alpha value is -1.06. The minimum atomic E-state index is -0.125. The van der Waals surface area contributed by atoms with E-state index < -0.39 is 0 Å². The minimum Gasteiger partial charge on any atom is -0.474 e. The van der Waals surface area contributed by atoms with Crippen LogP contribution >= 0.6 is 0 Å². The van der Waals surface area contributed by atoms with E-state index in [1.165, 1.54) is 18.1 Å². The van der Waals surface area contributed by atoms with Crippen LogP contribution in [0.2, 0.25) is 0 Å². The van der Waals surface area contributed by atoms with Crippen LogP contribution in [0.1, 0.15) is 13.8 Å². The first kappa shape index (κ1) is 17.9. The Morgan fingerprint density at radius 3 is 1.38 bits per heavy atom. The number of hydrogen-bond acceptors (Lipinski definition) is 3. The zero-order valence-corrected chi connectivity index (χ0v) is 8.49. The van der Waals surface area contributed by atoms with Crippen molar-refractivity contribution in [2.24, 2.45) is 0 Å². The van der Waals surface area contributed by atoms with Crippen LogP contribution in [-0.2, 0) is 4.74 Å². The highest BCUT2D eigenvalue weighted by atomic mass is 16.5. The van der Waals surface area contributed by atoms with Crippen molar-refractivity contribution >= 4 is 0 Å². The quantitative estimate of drug-likeness (QED) is 0.525. The molecule has 0 heterocycles. The molecule has 0 aromatic rings. The second-order valence-electron chi connectivity index (χ2n) is 2.12. The summed E-state index contributed by atoms with van der Waals surface area (Å²) in [6.45, 7) is 13.8. The molecule has 0 unspecified atom stereocenters. The molecule has 0 saturated carbocycles. The standard InChI is InChI=1S/C4H6O.C4H8.C2H6O2/c1-3-5-4-2;1-4(2)3;3-1-2-4/h3-4H,1-2H2;1H2,2-3H3;3-4H,1-2H2. The summed E-state index contributed by atoms with van der Waals surface area (Å²) in [5.74, 6) is 0. The monoisotopic (exact) mass is 188 g/mol. The van der Waals surface area contributed by atoms with E-state index in [9.17, 15) is 0 Å². The van der Waals surface area contributed by atoms with Gasteiger partial charge in [0.2, 0.25) is 0 Å². The first-order valence-corrected chi connectivity index (χ1v) is 3.77. The van der Waals surface area contributed by atoms with Crippen LogP contribution in [0.4, 0.5) is 0 Å². The van der Waals surface area contributed by atoms with Gasteiger partial charge in [-0.25, -0.2) is 0 Å². The lowest BCUT2D eigenvalue weighted by Crippen LogP contribution is -1.85. The van der Waals surface area contributed by atoms with Crippen molar-refractivity contribution < 1.29 is 14.9 Å². The van der Waals surface area contributed by atoms with E-state index in [0.717, 1.165) is 0 Å². The second-order valence-corrected chi connectivity index (χ2v) is 2.12. The van der Waals surface area contributed by atoms with E-state index in [2.05, 4.69) is 24.5 Å². The maximum absolute atomic E-state index is 7.62. The van der Waals surface area contributed by atoms with E-state index in [-0.39, 0.29) is 13.2 Å². The molecule has 0 aliphatic rings. The molecule has 3 nitrogen and oxygen atoms in total. The third-order valence-electron chi connectivity index (χ3n) is 0.292. The zero-order chi connectivity index (χ0) is 11.1. The highest BCUT2D eigenvalue weighted by molar-refractivity contribution is 4.78.